The number of carbonyl (C=O) groups is 1. The molecule has 0 bridgehead atoms. The van der Waals surface area contributed by atoms with Crippen molar-refractivity contribution in [3.05, 3.63) is 28.8 Å². The molecule has 0 atom stereocenters. The summed E-state index contributed by atoms with van der Waals surface area (Å²) in [5, 5.41) is 0.700. The summed E-state index contributed by atoms with van der Waals surface area (Å²) in [4.78, 5) is 16.7. The van der Waals surface area contributed by atoms with Gasteiger partial charge < -0.3 is 14.5 Å². The Kier molecular flexibility index (Phi) is 4.79. The molecule has 0 aliphatic carbocycles. The topological polar surface area (TPSA) is 32.8 Å². The van der Waals surface area contributed by atoms with Crippen LogP contribution in [0.15, 0.2) is 18.2 Å². The third kappa shape index (κ3) is 3.89. The molecular weight excluding hydrogens is 288 g/mol. The van der Waals surface area contributed by atoms with Crippen LogP contribution < -0.4 is 4.74 Å². The van der Waals surface area contributed by atoms with E-state index in [-0.39, 0.29) is 5.91 Å². The number of likely N-dealkylation sites (N-methyl/N-ethyl adjacent to an activating group) is 1. The Labute approximate surface area is 131 Å². The van der Waals surface area contributed by atoms with Gasteiger partial charge in [0.25, 0.3) is 5.91 Å². The molecule has 5 heteroatoms. The summed E-state index contributed by atoms with van der Waals surface area (Å²) in [6.07, 6.45) is 0. The maximum atomic E-state index is 12.6. The van der Waals surface area contributed by atoms with E-state index in [2.05, 4.69) is 11.9 Å². The van der Waals surface area contributed by atoms with Crippen LogP contribution in [0.25, 0.3) is 0 Å². The number of hydrogen-bond donors (Lipinski definition) is 0. The number of hydrogen-bond acceptors (Lipinski definition) is 3. The molecule has 0 unspecified atom stereocenters. The van der Waals surface area contributed by atoms with Crippen molar-refractivity contribution in [3.63, 3.8) is 0 Å². The first-order chi connectivity index (χ1) is 9.79. The molecule has 0 N–H and O–H groups in total. The number of carbonyl (C=O) groups excluding carboxylic acids is 1. The second-order valence-corrected chi connectivity index (χ2v) is 6.53. The summed E-state index contributed by atoms with van der Waals surface area (Å²) in [6, 6.07) is 5.46. The first kappa shape index (κ1) is 16.1. The fraction of sp³-hybridized carbons (Fsp3) is 0.562. The average Bonchev–Trinajstić information content (AvgIpc) is 2.43. The van der Waals surface area contributed by atoms with Crippen LogP contribution in [-0.4, -0.2) is 54.5 Å². The number of piperazine rings is 1. The Morgan fingerprint density at radius 1 is 1.24 bits per heavy atom. The minimum absolute atomic E-state index is 0.0307. The third-order valence-electron chi connectivity index (χ3n) is 3.81. The van der Waals surface area contributed by atoms with Crippen LogP contribution in [0.2, 0.25) is 5.02 Å². The smallest absolute Gasteiger partial charge is 0.266 e. The number of aryl methyl sites for hydroxylation is 1. The third-order valence-corrected chi connectivity index (χ3v) is 4.23. The van der Waals surface area contributed by atoms with E-state index in [4.69, 9.17) is 16.3 Å². The Hall–Kier alpha value is -1.26. The number of benzene rings is 1. The van der Waals surface area contributed by atoms with Gasteiger partial charge in [-0.25, -0.2) is 0 Å². The lowest BCUT2D eigenvalue weighted by Gasteiger charge is -2.37. The molecule has 1 heterocycles. The molecule has 1 fully saturated rings. The summed E-state index contributed by atoms with van der Waals surface area (Å²) in [5.74, 6) is 0.701. The molecule has 1 saturated heterocycles. The van der Waals surface area contributed by atoms with Crippen molar-refractivity contribution < 1.29 is 9.53 Å². The Morgan fingerprint density at radius 2 is 1.86 bits per heavy atom. The summed E-state index contributed by atoms with van der Waals surface area (Å²) >= 11 is 6.01. The average molecular weight is 311 g/mol. The van der Waals surface area contributed by atoms with E-state index in [1.165, 1.54) is 0 Å². The van der Waals surface area contributed by atoms with Gasteiger partial charge in [-0.05, 0) is 51.6 Å². The molecule has 21 heavy (non-hydrogen) atoms. The molecule has 1 aromatic carbocycles. The molecule has 1 amide bonds. The highest BCUT2D eigenvalue weighted by Crippen LogP contribution is 2.25. The first-order valence-corrected chi connectivity index (χ1v) is 7.60. The van der Waals surface area contributed by atoms with Crippen LogP contribution in [0.5, 0.6) is 5.75 Å². The predicted octanol–water partition coefficient (Wildman–Crippen LogP) is 2.58. The number of halogens is 1. The fourth-order valence-corrected chi connectivity index (χ4v) is 2.53. The lowest BCUT2D eigenvalue weighted by atomic mass is 10.1. The molecule has 1 aliphatic heterocycles. The fourth-order valence-electron chi connectivity index (χ4n) is 2.41. The van der Waals surface area contributed by atoms with E-state index in [9.17, 15) is 4.79 Å². The molecule has 2 rings (SSSR count). The molecule has 4 nitrogen and oxygen atoms in total. The van der Waals surface area contributed by atoms with Crippen molar-refractivity contribution in [2.75, 3.05) is 33.2 Å². The number of amides is 1. The van der Waals surface area contributed by atoms with Gasteiger partial charge in [0, 0.05) is 31.2 Å². The van der Waals surface area contributed by atoms with Gasteiger partial charge >= 0.3 is 0 Å². The van der Waals surface area contributed by atoms with Crippen molar-refractivity contribution in [3.8, 4) is 5.75 Å². The largest absolute Gasteiger partial charge is 0.478 e. The molecule has 1 aliphatic rings. The van der Waals surface area contributed by atoms with Gasteiger partial charge in [0.15, 0.2) is 5.60 Å². The highest BCUT2D eigenvalue weighted by Gasteiger charge is 2.35. The van der Waals surface area contributed by atoms with Crippen LogP contribution >= 0.6 is 11.6 Å². The van der Waals surface area contributed by atoms with Crippen molar-refractivity contribution in [2.45, 2.75) is 26.4 Å². The molecule has 0 aromatic heterocycles. The molecule has 1 aromatic rings. The molecule has 116 valence electrons. The van der Waals surface area contributed by atoms with Gasteiger partial charge in [-0.15, -0.1) is 0 Å². The first-order valence-electron chi connectivity index (χ1n) is 7.23. The van der Waals surface area contributed by atoms with Crippen LogP contribution in [0.1, 0.15) is 19.4 Å². The monoisotopic (exact) mass is 310 g/mol. The van der Waals surface area contributed by atoms with Crippen LogP contribution in [-0.2, 0) is 4.79 Å². The molecule has 0 saturated carbocycles. The SMILES string of the molecule is Cc1cc(OC(C)(C)C(=O)N2CCN(C)CC2)ccc1Cl. The van der Waals surface area contributed by atoms with Crippen molar-refractivity contribution in [1.82, 2.24) is 9.80 Å². The zero-order valence-corrected chi connectivity index (χ0v) is 13.9. The quantitative estimate of drug-likeness (QED) is 0.860. The van der Waals surface area contributed by atoms with Crippen molar-refractivity contribution in [1.29, 1.82) is 0 Å². The highest BCUT2D eigenvalue weighted by molar-refractivity contribution is 6.31. The maximum Gasteiger partial charge on any atom is 0.266 e. The molecular formula is C16H23ClN2O2. The van der Waals surface area contributed by atoms with E-state index in [1.807, 2.05) is 31.7 Å². The maximum absolute atomic E-state index is 12.6. The van der Waals surface area contributed by atoms with E-state index >= 15 is 0 Å². The lowest BCUT2D eigenvalue weighted by Crippen LogP contribution is -2.55. The van der Waals surface area contributed by atoms with Crippen LogP contribution in [0.3, 0.4) is 0 Å². The van der Waals surface area contributed by atoms with Gasteiger partial charge in [0.2, 0.25) is 0 Å². The van der Waals surface area contributed by atoms with Crippen molar-refractivity contribution >= 4 is 17.5 Å². The van der Waals surface area contributed by atoms with Gasteiger partial charge in [-0.2, -0.15) is 0 Å². The highest BCUT2D eigenvalue weighted by atomic mass is 35.5. The predicted molar refractivity (Wildman–Crippen MR) is 85.0 cm³/mol. The summed E-state index contributed by atoms with van der Waals surface area (Å²) in [6.45, 7) is 8.87. The normalized spacial score (nSPS) is 16.9. The number of ether oxygens (including phenoxy) is 1. The van der Waals surface area contributed by atoms with Gasteiger partial charge in [-0.1, -0.05) is 11.6 Å². The van der Waals surface area contributed by atoms with Gasteiger partial charge in [0.1, 0.15) is 5.75 Å². The van der Waals surface area contributed by atoms with Gasteiger partial charge in [-0.3, -0.25) is 4.79 Å². The molecule has 0 spiro atoms. The van der Waals surface area contributed by atoms with E-state index < -0.39 is 5.60 Å². The number of rotatable bonds is 3. The van der Waals surface area contributed by atoms with E-state index in [1.54, 1.807) is 12.1 Å². The summed E-state index contributed by atoms with van der Waals surface area (Å²) in [5.41, 5.74) is 0.0629. The Balaban J connectivity index is 2.06. The summed E-state index contributed by atoms with van der Waals surface area (Å²) in [7, 11) is 2.07. The van der Waals surface area contributed by atoms with Crippen LogP contribution in [0, 0.1) is 6.92 Å². The summed E-state index contributed by atoms with van der Waals surface area (Å²) < 4.78 is 5.92. The van der Waals surface area contributed by atoms with E-state index in [0.29, 0.717) is 10.8 Å². The minimum Gasteiger partial charge on any atom is -0.478 e. The van der Waals surface area contributed by atoms with E-state index in [0.717, 1.165) is 31.7 Å². The second-order valence-electron chi connectivity index (χ2n) is 6.12. The lowest BCUT2D eigenvalue weighted by molar-refractivity contribution is -0.147. The Bertz CT molecular complexity index is 523. The van der Waals surface area contributed by atoms with Crippen LogP contribution in [0.4, 0.5) is 0 Å². The zero-order chi connectivity index (χ0) is 15.6. The number of nitrogens with zero attached hydrogens (tertiary/aromatic N) is 2. The second kappa shape index (κ2) is 6.24. The standard InChI is InChI=1S/C16H23ClN2O2/c1-12-11-13(5-6-14(12)17)21-16(2,3)15(20)19-9-7-18(4)8-10-19/h5-6,11H,7-10H2,1-4H3. The minimum atomic E-state index is -0.879. The van der Waals surface area contributed by atoms with Gasteiger partial charge in [0.05, 0.1) is 0 Å². The Morgan fingerprint density at radius 3 is 2.43 bits per heavy atom. The molecule has 0 radical (unpaired) electrons. The van der Waals surface area contributed by atoms with Crippen molar-refractivity contribution in [2.24, 2.45) is 0 Å². The zero-order valence-electron chi connectivity index (χ0n) is 13.1.